The SMILES string of the molecule is C=CC(=O)N1CCN2C(=O)c3cc(Cl)c(-c4cccc5sc(N)cc45)cc3OCC[C@H]2C1. The molecule has 0 bridgehead atoms. The molecule has 2 amide bonds. The standard InChI is InChI=1S/C24H22ClN3O3S/c1-2-23(29)27-7-8-28-14(13-27)6-9-31-20-11-16(19(25)10-18(20)24(28)30)15-4-3-5-21-17(15)12-22(26)32-21/h2-5,10-12,14H,1,6-9,13,26H2/t14-/m0/s1. The van der Waals surface area contributed by atoms with Gasteiger partial charge >= 0.3 is 0 Å². The lowest BCUT2D eigenvalue weighted by molar-refractivity contribution is -0.128. The molecule has 164 valence electrons. The zero-order valence-corrected chi connectivity index (χ0v) is 18.9. The third-order valence-electron chi connectivity index (χ3n) is 6.11. The van der Waals surface area contributed by atoms with E-state index in [2.05, 4.69) is 6.58 Å². The molecule has 0 unspecified atom stereocenters. The average molecular weight is 468 g/mol. The van der Waals surface area contributed by atoms with E-state index >= 15 is 0 Å². The number of carbonyl (C=O) groups is 2. The molecule has 32 heavy (non-hydrogen) atoms. The van der Waals surface area contributed by atoms with Gasteiger partial charge < -0.3 is 20.3 Å². The van der Waals surface area contributed by atoms with Crippen LogP contribution in [0.1, 0.15) is 16.8 Å². The molecule has 1 fully saturated rings. The van der Waals surface area contributed by atoms with Gasteiger partial charge in [0.2, 0.25) is 5.91 Å². The van der Waals surface area contributed by atoms with Crippen molar-refractivity contribution in [2.24, 2.45) is 0 Å². The highest BCUT2D eigenvalue weighted by molar-refractivity contribution is 7.22. The smallest absolute Gasteiger partial charge is 0.258 e. The Morgan fingerprint density at radius 2 is 2.06 bits per heavy atom. The van der Waals surface area contributed by atoms with Crippen LogP contribution in [0.3, 0.4) is 0 Å². The van der Waals surface area contributed by atoms with Gasteiger partial charge in [0, 0.05) is 46.7 Å². The normalized spacial score (nSPS) is 18.4. The number of anilines is 1. The molecule has 1 aromatic heterocycles. The number of ether oxygens (including phenoxy) is 1. The minimum Gasteiger partial charge on any atom is -0.493 e. The summed E-state index contributed by atoms with van der Waals surface area (Å²) in [6, 6.07) is 11.4. The Kier molecular flexibility index (Phi) is 5.31. The van der Waals surface area contributed by atoms with Gasteiger partial charge in [0.1, 0.15) is 5.75 Å². The summed E-state index contributed by atoms with van der Waals surface area (Å²) in [6.45, 7) is 5.43. The molecule has 2 aliphatic heterocycles. The van der Waals surface area contributed by atoms with E-state index in [1.54, 1.807) is 11.0 Å². The van der Waals surface area contributed by atoms with E-state index in [1.807, 2.05) is 35.2 Å². The second kappa shape index (κ2) is 8.15. The van der Waals surface area contributed by atoms with Gasteiger partial charge in [0.25, 0.3) is 5.91 Å². The third kappa shape index (κ3) is 3.51. The lowest BCUT2D eigenvalue weighted by Gasteiger charge is -2.42. The van der Waals surface area contributed by atoms with Crippen molar-refractivity contribution < 1.29 is 14.3 Å². The Balaban J connectivity index is 1.52. The zero-order valence-electron chi connectivity index (χ0n) is 17.3. The summed E-state index contributed by atoms with van der Waals surface area (Å²) in [4.78, 5) is 29.0. The third-order valence-corrected chi connectivity index (χ3v) is 7.35. The molecule has 2 aliphatic rings. The van der Waals surface area contributed by atoms with Gasteiger partial charge in [-0.2, -0.15) is 0 Å². The van der Waals surface area contributed by atoms with E-state index < -0.39 is 0 Å². The number of nitrogen functional groups attached to an aromatic ring is 1. The van der Waals surface area contributed by atoms with Crippen LogP contribution in [-0.2, 0) is 4.79 Å². The molecule has 0 aliphatic carbocycles. The fourth-order valence-electron chi connectivity index (χ4n) is 4.52. The van der Waals surface area contributed by atoms with Crippen LogP contribution >= 0.6 is 22.9 Å². The first-order chi connectivity index (χ1) is 15.5. The fourth-order valence-corrected chi connectivity index (χ4v) is 5.64. The maximum atomic E-state index is 13.4. The summed E-state index contributed by atoms with van der Waals surface area (Å²) in [6.07, 6.45) is 1.95. The minimum atomic E-state index is -0.123. The molecule has 0 radical (unpaired) electrons. The lowest BCUT2D eigenvalue weighted by Crippen LogP contribution is -2.57. The Hall–Kier alpha value is -3.03. The van der Waals surface area contributed by atoms with Crippen LogP contribution in [0, 0.1) is 0 Å². The van der Waals surface area contributed by atoms with Crippen molar-refractivity contribution in [3.8, 4) is 16.9 Å². The number of carbonyl (C=O) groups excluding carboxylic acids is 2. The number of thiophene rings is 1. The van der Waals surface area contributed by atoms with Crippen LogP contribution in [0.2, 0.25) is 5.02 Å². The van der Waals surface area contributed by atoms with Gasteiger partial charge in [0.05, 0.1) is 23.2 Å². The van der Waals surface area contributed by atoms with Crippen LogP contribution in [0.25, 0.3) is 21.2 Å². The molecule has 0 saturated carbocycles. The van der Waals surface area contributed by atoms with Gasteiger partial charge in [-0.1, -0.05) is 30.3 Å². The first-order valence-electron chi connectivity index (χ1n) is 10.4. The molecule has 1 atom stereocenters. The van der Waals surface area contributed by atoms with Crippen molar-refractivity contribution in [3.63, 3.8) is 0 Å². The van der Waals surface area contributed by atoms with Crippen molar-refractivity contribution in [1.82, 2.24) is 9.80 Å². The van der Waals surface area contributed by atoms with E-state index in [0.29, 0.717) is 49.0 Å². The number of benzene rings is 2. The van der Waals surface area contributed by atoms with Gasteiger partial charge in [-0.05, 0) is 35.9 Å². The molecule has 2 N–H and O–H groups in total. The van der Waals surface area contributed by atoms with Crippen LogP contribution in [0.15, 0.2) is 49.1 Å². The molecule has 5 rings (SSSR count). The van der Waals surface area contributed by atoms with E-state index in [0.717, 1.165) is 26.2 Å². The molecule has 3 aromatic rings. The van der Waals surface area contributed by atoms with Gasteiger partial charge in [0.15, 0.2) is 0 Å². The Morgan fingerprint density at radius 1 is 1.22 bits per heavy atom. The second-order valence-corrected chi connectivity index (χ2v) is 9.49. The summed E-state index contributed by atoms with van der Waals surface area (Å²) in [5.74, 6) is 0.288. The number of nitrogens with two attached hydrogens (primary N) is 1. The van der Waals surface area contributed by atoms with E-state index in [4.69, 9.17) is 22.1 Å². The number of hydrogen-bond donors (Lipinski definition) is 1. The lowest BCUT2D eigenvalue weighted by atomic mass is 9.98. The molecule has 6 nitrogen and oxygen atoms in total. The number of hydrogen-bond acceptors (Lipinski definition) is 5. The monoisotopic (exact) mass is 467 g/mol. The Morgan fingerprint density at radius 3 is 2.88 bits per heavy atom. The Bertz CT molecular complexity index is 1250. The summed E-state index contributed by atoms with van der Waals surface area (Å²) in [5, 5.41) is 2.24. The van der Waals surface area contributed by atoms with Crippen molar-refractivity contribution in [2.75, 3.05) is 32.0 Å². The molecular weight excluding hydrogens is 446 g/mol. The quantitative estimate of drug-likeness (QED) is 0.566. The van der Waals surface area contributed by atoms with Crippen molar-refractivity contribution in [2.45, 2.75) is 12.5 Å². The second-order valence-electron chi connectivity index (χ2n) is 7.97. The molecule has 3 heterocycles. The Labute approximate surface area is 194 Å². The van der Waals surface area contributed by atoms with Gasteiger partial charge in [-0.3, -0.25) is 9.59 Å². The van der Waals surface area contributed by atoms with Crippen molar-refractivity contribution in [3.05, 3.63) is 59.6 Å². The van der Waals surface area contributed by atoms with Gasteiger partial charge in [-0.15, -0.1) is 11.3 Å². The van der Waals surface area contributed by atoms with Crippen LogP contribution in [0.5, 0.6) is 5.75 Å². The summed E-state index contributed by atoms with van der Waals surface area (Å²) < 4.78 is 7.13. The van der Waals surface area contributed by atoms with Crippen LogP contribution in [0.4, 0.5) is 5.00 Å². The largest absolute Gasteiger partial charge is 0.493 e. The highest BCUT2D eigenvalue weighted by atomic mass is 35.5. The topological polar surface area (TPSA) is 75.9 Å². The fraction of sp³-hybridized carbons (Fsp3) is 0.250. The number of fused-ring (bicyclic) bond motifs is 3. The molecule has 1 saturated heterocycles. The predicted octanol–water partition coefficient (Wildman–Crippen LogP) is 4.43. The molecular formula is C24H22ClN3O3S. The number of rotatable bonds is 2. The molecule has 0 spiro atoms. The highest BCUT2D eigenvalue weighted by Gasteiger charge is 2.35. The zero-order chi connectivity index (χ0) is 22.4. The number of halogens is 1. The summed E-state index contributed by atoms with van der Waals surface area (Å²) in [5.41, 5.74) is 8.23. The number of nitrogens with zero attached hydrogens (tertiary/aromatic N) is 2. The van der Waals surface area contributed by atoms with Crippen molar-refractivity contribution >= 4 is 49.8 Å². The summed E-state index contributed by atoms with van der Waals surface area (Å²) in [7, 11) is 0. The number of amides is 2. The van der Waals surface area contributed by atoms with Crippen LogP contribution < -0.4 is 10.5 Å². The van der Waals surface area contributed by atoms with E-state index in [9.17, 15) is 9.59 Å². The summed E-state index contributed by atoms with van der Waals surface area (Å²) >= 11 is 8.23. The van der Waals surface area contributed by atoms with Crippen LogP contribution in [-0.4, -0.2) is 53.9 Å². The maximum Gasteiger partial charge on any atom is 0.258 e. The van der Waals surface area contributed by atoms with Gasteiger partial charge in [-0.25, -0.2) is 0 Å². The average Bonchev–Trinajstić information content (AvgIpc) is 3.18. The highest BCUT2D eigenvalue weighted by Crippen LogP contribution is 2.41. The van der Waals surface area contributed by atoms with E-state index in [-0.39, 0.29) is 17.9 Å². The predicted molar refractivity (Wildman–Crippen MR) is 128 cm³/mol. The van der Waals surface area contributed by atoms with E-state index in [1.165, 1.54) is 17.4 Å². The molecule has 8 heteroatoms. The first kappa shape index (κ1) is 20.8. The number of piperazine rings is 1. The maximum absolute atomic E-state index is 13.4. The first-order valence-corrected chi connectivity index (χ1v) is 11.6. The minimum absolute atomic E-state index is 0.103. The molecule has 2 aromatic carbocycles. The van der Waals surface area contributed by atoms with Crippen molar-refractivity contribution in [1.29, 1.82) is 0 Å².